The summed E-state index contributed by atoms with van der Waals surface area (Å²) < 4.78 is 0. The number of aromatic amines is 1. The number of hydrogen-bond donors (Lipinski definition) is 1. The van der Waals surface area contributed by atoms with Crippen LogP contribution in [0.25, 0.3) is 16.6 Å². The lowest BCUT2D eigenvalue weighted by atomic mass is 9.99. The van der Waals surface area contributed by atoms with Gasteiger partial charge in [0.2, 0.25) is 0 Å². The quantitative estimate of drug-likeness (QED) is 0.746. The molecule has 2 heteroatoms. The summed E-state index contributed by atoms with van der Waals surface area (Å²) in [6.07, 6.45) is 7.31. The second-order valence-electron chi connectivity index (χ2n) is 4.08. The molecule has 3 rings (SSSR count). The normalized spacial score (nSPS) is 16.7. The predicted octanol–water partition coefficient (Wildman–Crippen LogP) is 3.52. The molecule has 1 heterocycles. The van der Waals surface area contributed by atoms with Crippen LogP contribution in [-0.4, -0.2) is 9.97 Å². The molecule has 2 aromatic rings. The minimum Gasteiger partial charge on any atom is -0.338 e. The van der Waals surface area contributed by atoms with E-state index in [2.05, 4.69) is 28.2 Å². The molecule has 0 bridgehead atoms. The molecule has 1 aromatic carbocycles. The van der Waals surface area contributed by atoms with Gasteiger partial charge in [-0.15, -0.1) is 0 Å². The molecule has 0 fully saturated rings. The van der Waals surface area contributed by atoms with E-state index >= 15 is 0 Å². The summed E-state index contributed by atoms with van der Waals surface area (Å²) in [5.74, 6) is 1.07. The minimum absolute atomic E-state index is 1.07. The van der Waals surface area contributed by atoms with Crippen molar-refractivity contribution in [2.45, 2.75) is 25.7 Å². The topological polar surface area (TPSA) is 28.7 Å². The second kappa shape index (κ2) is 3.54. The van der Waals surface area contributed by atoms with Gasteiger partial charge in [-0.05, 0) is 43.4 Å². The third kappa shape index (κ3) is 1.56. The van der Waals surface area contributed by atoms with Crippen molar-refractivity contribution in [3.63, 3.8) is 0 Å². The summed E-state index contributed by atoms with van der Waals surface area (Å²) in [5.41, 5.74) is 3.59. The van der Waals surface area contributed by atoms with Crippen LogP contribution in [0.15, 0.2) is 30.3 Å². The van der Waals surface area contributed by atoms with Crippen molar-refractivity contribution < 1.29 is 0 Å². The molecule has 0 atom stereocenters. The zero-order chi connectivity index (χ0) is 10.1. The fraction of sp³-hybridized carbons (Fsp3) is 0.308. The minimum atomic E-state index is 1.07. The Labute approximate surface area is 89.0 Å². The Morgan fingerprint density at radius 1 is 1.13 bits per heavy atom. The van der Waals surface area contributed by atoms with Crippen molar-refractivity contribution in [1.82, 2.24) is 9.97 Å². The summed E-state index contributed by atoms with van der Waals surface area (Å²) >= 11 is 0. The summed E-state index contributed by atoms with van der Waals surface area (Å²) in [7, 11) is 0. The lowest BCUT2D eigenvalue weighted by Crippen LogP contribution is -1.93. The molecular weight excluding hydrogens is 184 g/mol. The second-order valence-corrected chi connectivity index (χ2v) is 4.08. The van der Waals surface area contributed by atoms with Crippen LogP contribution >= 0.6 is 0 Å². The Morgan fingerprint density at radius 3 is 2.87 bits per heavy atom. The van der Waals surface area contributed by atoms with E-state index < -0.39 is 0 Å². The monoisotopic (exact) mass is 198 g/mol. The molecular formula is C13H14N2. The number of para-hydroxylation sites is 2. The molecule has 1 aromatic heterocycles. The average molecular weight is 198 g/mol. The first-order chi connectivity index (χ1) is 7.43. The molecule has 0 saturated carbocycles. The Morgan fingerprint density at radius 2 is 2.07 bits per heavy atom. The van der Waals surface area contributed by atoms with Crippen LogP contribution in [0.3, 0.4) is 0 Å². The van der Waals surface area contributed by atoms with E-state index in [9.17, 15) is 0 Å². The standard InChI is InChI=1S/C13H14N2/c1-2-6-10(7-3-1)13-14-11-8-4-5-9-12(11)15-13/h4-6,8-9H,1-3,7H2,(H,14,15). The van der Waals surface area contributed by atoms with E-state index in [1.54, 1.807) is 0 Å². The summed E-state index contributed by atoms with van der Waals surface area (Å²) in [6.45, 7) is 0. The predicted molar refractivity (Wildman–Crippen MR) is 62.5 cm³/mol. The molecule has 1 N–H and O–H groups in total. The molecule has 15 heavy (non-hydrogen) atoms. The average Bonchev–Trinajstić information content (AvgIpc) is 2.74. The third-order valence-electron chi connectivity index (χ3n) is 2.98. The highest BCUT2D eigenvalue weighted by Crippen LogP contribution is 2.26. The van der Waals surface area contributed by atoms with Gasteiger partial charge in [0.05, 0.1) is 11.0 Å². The van der Waals surface area contributed by atoms with Gasteiger partial charge in [0.1, 0.15) is 5.82 Å². The molecule has 2 nitrogen and oxygen atoms in total. The number of nitrogens with one attached hydrogen (secondary N) is 1. The molecule has 0 spiro atoms. The van der Waals surface area contributed by atoms with Crippen LogP contribution in [0.1, 0.15) is 31.5 Å². The van der Waals surface area contributed by atoms with Crippen LogP contribution in [0.4, 0.5) is 0 Å². The Bertz CT molecular complexity index is 475. The maximum Gasteiger partial charge on any atom is 0.134 e. The van der Waals surface area contributed by atoms with Gasteiger partial charge >= 0.3 is 0 Å². The van der Waals surface area contributed by atoms with Gasteiger partial charge < -0.3 is 4.98 Å². The summed E-state index contributed by atoms with van der Waals surface area (Å²) in [6, 6.07) is 8.20. The highest BCUT2D eigenvalue weighted by Gasteiger charge is 2.09. The van der Waals surface area contributed by atoms with Crippen molar-refractivity contribution in [1.29, 1.82) is 0 Å². The van der Waals surface area contributed by atoms with Gasteiger partial charge in [0, 0.05) is 0 Å². The lowest BCUT2D eigenvalue weighted by molar-refractivity contribution is 0.738. The molecule has 0 radical (unpaired) electrons. The number of aromatic nitrogens is 2. The Hall–Kier alpha value is -1.57. The summed E-state index contributed by atoms with van der Waals surface area (Å²) in [5, 5.41) is 0. The third-order valence-corrected chi connectivity index (χ3v) is 2.98. The molecule has 0 saturated heterocycles. The van der Waals surface area contributed by atoms with E-state index in [0.29, 0.717) is 0 Å². The molecule has 0 aliphatic heterocycles. The maximum absolute atomic E-state index is 4.61. The van der Waals surface area contributed by atoms with Crippen LogP contribution < -0.4 is 0 Å². The van der Waals surface area contributed by atoms with Crippen molar-refractivity contribution in [3.8, 4) is 0 Å². The number of fused-ring (bicyclic) bond motifs is 1. The van der Waals surface area contributed by atoms with Gasteiger partial charge in [-0.3, -0.25) is 0 Å². The zero-order valence-corrected chi connectivity index (χ0v) is 8.66. The number of H-pyrrole nitrogens is 1. The first-order valence-electron chi connectivity index (χ1n) is 5.58. The molecule has 0 amide bonds. The van der Waals surface area contributed by atoms with E-state index in [1.807, 2.05) is 12.1 Å². The van der Waals surface area contributed by atoms with E-state index in [-0.39, 0.29) is 0 Å². The first-order valence-corrected chi connectivity index (χ1v) is 5.58. The van der Waals surface area contributed by atoms with Crippen LogP contribution in [0.5, 0.6) is 0 Å². The number of nitrogens with zero attached hydrogens (tertiary/aromatic N) is 1. The number of hydrogen-bond acceptors (Lipinski definition) is 1. The van der Waals surface area contributed by atoms with E-state index in [4.69, 9.17) is 0 Å². The lowest BCUT2D eigenvalue weighted by Gasteiger charge is -2.09. The number of allylic oxidation sites excluding steroid dienone is 2. The van der Waals surface area contributed by atoms with Gasteiger partial charge in [-0.2, -0.15) is 0 Å². The van der Waals surface area contributed by atoms with Gasteiger partial charge in [0.25, 0.3) is 0 Å². The fourth-order valence-corrected chi connectivity index (χ4v) is 2.16. The Balaban J connectivity index is 2.07. The first kappa shape index (κ1) is 8.72. The largest absolute Gasteiger partial charge is 0.338 e. The maximum atomic E-state index is 4.61. The number of imidazole rings is 1. The van der Waals surface area contributed by atoms with Crippen molar-refractivity contribution in [2.75, 3.05) is 0 Å². The van der Waals surface area contributed by atoms with E-state index in [1.165, 1.54) is 31.3 Å². The molecule has 1 aliphatic carbocycles. The smallest absolute Gasteiger partial charge is 0.134 e. The number of benzene rings is 1. The van der Waals surface area contributed by atoms with Gasteiger partial charge in [-0.1, -0.05) is 18.2 Å². The Kier molecular flexibility index (Phi) is 2.05. The number of rotatable bonds is 1. The fourth-order valence-electron chi connectivity index (χ4n) is 2.16. The van der Waals surface area contributed by atoms with Crippen LogP contribution in [-0.2, 0) is 0 Å². The molecule has 1 aliphatic rings. The molecule has 0 unspecified atom stereocenters. The molecule has 76 valence electrons. The SMILES string of the molecule is C1=C(c2nc3ccccc3[nH]2)CCCC1. The highest BCUT2D eigenvalue weighted by molar-refractivity contribution is 5.78. The van der Waals surface area contributed by atoms with Gasteiger partial charge in [0.15, 0.2) is 0 Å². The van der Waals surface area contributed by atoms with Gasteiger partial charge in [-0.25, -0.2) is 4.98 Å². The van der Waals surface area contributed by atoms with Crippen molar-refractivity contribution >= 4 is 16.6 Å². The zero-order valence-electron chi connectivity index (χ0n) is 8.66. The van der Waals surface area contributed by atoms with E-state index in [0.717, 1.165) is 16.9 Å². The van der Waals surface area contributed by atoms with Crippen LogP contribution in [0.2, 0.25) is 0 Å². The summed E-state index contributed by atoms with van der Waals surface area (Å²) in [4.78, 5) is 8.00. The van der Waals surface area contributed by atoms with Crippen molar-refractivity contribution in [2.24, 2.45) is 0 Å². The van der Waals surface area contributed by atoms with Crippen LogP contribution in [0, 0.1) is 0 Å². The highest BCUT2D eigenvalue weighted by atomic mass is 14.9. The van der Waals surface area contributed by atoms with Crippen molar-refractivity contribution in [3.05, 3.63) is 36.2 Å².